The van der Waals surface area contributed by atoms with Crippen LogP contribution in [0.1, 0.15) is 62.5 Å². The SMILES string of the molecule is CC[C@]12CC[C@@H]3c4ccc(O)cc4CC[C@H]3[C@@H]1CC(O)C2. The van der Waals surface area contributed by atoms with Gasteiger partial charge in [-0.2, -0.15) is 0 Å². The number of phenolic OH excluding ortho intramolecular Hbond substituents is 1. The minimum absolute atomic E-state index is 0.0742. The van der Waals surface area contributed by atoms with Crippen molar-refractivity contribution in [2.24, 2.45) is 17.3 Å². The highest BCUT2D eigenvalue weighted by Gasteiger charge is 2.54. The van der Waals surface area contributed by atoms with Crippen molar-refractivity contribution in [3.8, 4) is 5.75 Å². The van der Waals surface area contributed by atoms with E-state index >= 15 is 0 Å². The summed E-state index contributed by atoms with van der Waals surface area (Å²) in [6.07, 6.45) is 8.06. The Morgan fingerprint density at radius 2 is 2.14 bits per heavy atom. The van der Waals surface area contributed by atoms with Crippen LogP contribution in [-0.4, -0.2) is 16.3 Å². The fourth-order valence-corrected chi connectivity index (χ4v) is 5.97. The average Bonchev–Trinajstić information content (AvgIpc) is 2.83. The molecule has 1 aromatic carbocycles. The van der Waals surface area contributed by atoms with E-state index in [4.69, 9.17) is 0 Å². The molecule has 2 saturated carbocycles. The number of aryl methyl sites for hydroxylation is 1. The van der Waals surface area contributed by atoms with Gasteiger partial charge in [0, 0.05) is 0 Å². The van der Waals surface area contributed by atoms with Crippen molar-refractivity contribution in [1.82, 2.24) is 0 Å². The quantitative estimate of drug-likeness (QED) is 0.819. The Kier molecular flexibility index (Phi) is 3.08. The number of aromatic hydroxyl groups is 1. The van der Waals surface area contributed by atoms with Gasteiger partial charge in [-0.3, -0.25) is 0 Å². The van der Waals surface area contributed by atoms with Crippen molar-refractivity contribution < 1.29 is 10.2 Å². The Morgan fingerprint density at radius 1 is 1.29 bits per heavy atom. The third-order valence-corrected chi connectivity index (χ3v) is 6.92. The molecular formula is C19H26O2. The van der Waals surface area contributed by atoms with Crippen LogP contribution in [-0.2, 0) is 6.42 Å². The summed E-state index contributed by atoms with van der Waals surface area (Å²) in [6.45, 7) is 2.32. The van der Waals surface area contributed by atoms with E-state index in [2.05, 4.69) is 13.0 Å². The topological polar surface area (TPSA) is 40.5 Å². The maximum absolute atomic E-state index is 10.2. The summed E-state index contributed by atoms with van der Waals surface area (Å²) in [5, 5.41) is 20.0. The van der Waals surface area contributed by atoms with Crippen LogP contribution < -0.4 is 0 Å². The lowest BCUT2D eigenvalue weighted by Crippen LogP contribution is -2.40. The van der Waals surface area contributed by atoms with Gasteiger partial charge in [0.1, 0.15) is 5.75 Å². The molecule has 2 heteroatoms. The second kappa shape index (κ2) is 4.74. The Labute approximate surface area is 127 Å². The lowest BCUT2D eigenvalue weighted by molar-refractivity contribution is 0.0403. The predicted octanol–water partition coefficient (Wildman–Crippen LogP) is 4.00. The van der Waals surface area contributed by atoms with E-state index in [1.54, 1.807) is 0 Å². The molecule has 0 aromatic heterocycles. The van der Waals surface area contributed by atoms with Crippen LogP contribution in [0.15, 0.2) is 18.2 Å². The molecule has 5 atom stereocenters. The molecule has 114 valence electrons. The first-order valence-corrected chi connectivity index (χ1v) is 8.63. The number of phenols is 1. The van der Waals surface area contributed by atoms with Gasteiger partial charge in [-0.25, -0.2) is 0 Å². The zero-order chi connectivity index (χ0) is 14.6. The molecule has 21 heavy (non-hydrogen) atoms. The molecular weight excluding hydrogens is 260 g/mol. The minimum atomic E-state index is -0.0742. The largest absolute Gasteiger partial charge is 0.508 e. The van der Waals surface area contributed by atoms with Gasteiger partial charge in [-0.1, -0.05) is 19.4 Å². The van der Waals surface area contributed by atoms with E-state index in [0.717, 1.165) is 25.2 Å². The Bertz CT molecular complexity index is 552. The van der Waals surface area contributed by atoms with Gasteiger partial charge in [0.2, 0.25) is 0 Å². The van der Waals surface area contributed by atoms with Crippen LogP contribution in [0, 0.1) is 17.3 Å². The highest BCUT2D eigenvalue weighted by Crippen LogP contribution is 2.62. The van der Waals surface area contributed by atoms with E-state index < -0.39 is 0 Å². The molecule has 1 aromatic rings. The monoisotopic (exact) mass is 286 g/mol. The fraction of sp³-hybridized carbons (Fsp3) is 0.684. The lowest BCUT2D eigenvalue weighted by Gasteiger charge is -2.50. The summed E-state index contributed by atoms with van der Waals surface area (Å²) < 4.78 is 0. The molecule has 0 radical (unpaired) electrons. The van der Waals surface area contributed by atoms with Crippen molar-refractivity contribution in [1.29, 1.82) is 0 Å². The molecule has 2 fully saturated rings. The van der Waals surface area contributed by atoms with Crippen molar-refractivity contribution in [2.75, 3.05) is 0 Å². The first-order valence-electron chi connectivity index (χ1n) is 8.63. The van der Waals surface area contributed by atoms with Crippen molar-refractivity contribution >= 4 is 0 Å². The Hall–Kier alpha value is -1.02. The van der Waals surface area contributed by atoms with Crippen molar-refractivity contribution in [3.05, 3.63) is 29.3 Å². The third kappa shape index (κ3) is 1.95. The Morgan fingerprint density at radius 3 is 2.95 bits per heavy atom. The summed E-state index contributed by atoms with van der Waals surface area (Å²) in [5.74, 6) is 2.51. The van der Waals surface area contributed by atoms with Gasteiger partial charge in [0.25, 0.3) is 0 Å². The molecule has 0 bridgehead atoms. The van der Waals surface area contributed by atoms with E-state index in [9.17, 15) is 10.2 Å². The first-order chi connectivity index (χ1) is 10.1. The first kappa shape index (κ1) is 13.6. The highest BCUT2D eigenvalue weighted by molar-refractivity contribution is 5.40. The normalized spacial score (nSPS) is 41.2. The summed E-state index contributed by atoms with van der Waals surface area (Å²) in [4.78, 5) is 0. The van der Waals surface area contributed by atoms with Crippen molar-refractivity contribution in [2.45, 2.75) is 63.9 Å². The number of aliphatic hydroxyl groups is 1. The van der Waals surface area contributed by atoms with Gasteiger partial charge in [-0.05, 0) is 85.0 Å². The number of hydrogen-bond donors (Lipinski definition) is 2. The molecule has 0 amide bonds. The molecule has 0 aliphatic heterocycles. The van der Waals surface area contributed by atoms with E-state index in [-0.39, 0.29) is 6.10 Å². The zero-order valence-electron chi connectivity index (χ0n) is 12.9. The molecule has 4 rings (SSSR count). The van der Waals surface area contributed by atoms with Crippen LogP contribution in [0.25, 0.3) is 0 Å². The van der Waals surface area contributed by atoms with E-state index in [1.165, 1.54) is 36.8 Å². The molecule has 1 unspecified atom stereocenters. The summed E-state index contributed by atoms with van der Waals surface area (Å²) in [5.41, 5.74) is 3.25. The number of aliphatic hydroxyl groups excluding tert-OH is 1. The smallest absolute Gasteiger partial charge is 0.115 e. The second-order valence-corrected chi connectivity index (χ2v) is 7.65. The minimum Gasteiger partial charge on any atom is -0.508 e. The van der Waals surface area contributed by atoms with Crippen LogP contribution in [0.4, 0.5) is 0 Å². The summed E-state index contributed by atoms with van der Waals surface area (Å²) >= 11 is 0. The fourth-order valence-electron chi connectivity index (χ4n) is 5.97. The number of fused-ring (bicyclic) bond motifs is 5. The molecule has 0 heterocycles. The second-order valence-electron chi connectivity index (χ2n) is 7.65. The third-order valence-electron chi connectivity index (χ3n) is 6.92. The van der Waals surface area contributed by atoms with Gasteiger partial charge >= 0.3 is 0 Å². The molecule has 3 aliphatic rings. The zero-order valence-corrected chi connectivity index (χ0v) is 12.9. The van der Waals surface area contributed by atoms with Crippen molar-refractivity contribution in [3.63, 3.8) is 0 Å². The van der Waals surface area contributed by atoms with Crippen LogP contribution in [0.2, 0.25) is 0 Å². The number of rotatable bonds is 1. The average molecular weight is 286 g/mol. The standard InChI is InChI=1S/C19H26O2/c1-2-19-8-7-16-15-6-4-13(20)9-12(15)3-5-17(16)18(19)10-14(21)11-19/h4,6,9,14,16-18,20-21H,2-3,5,7-8,10-11H2,1H3/t14?,16-,17-,18+,19-/m1/s1. The van der Waals surface area contributed by atoms with Crippen LogP contribution in [0.3, 0.4) is 0 Å². The summed E-state index contributed by atoms with van der Waals surface area (Å²) in [7, 11) is 0. The van der Waals surface area contributed by atoms with E-state index in [0.29, 0.717) is 23.0 Å². The van der Waals surface area contributed by atoms with Gasteiger partial charge in [-0.15, -0.1) is 0 Å². The number of hydrogen-bond acceptors (Lipinski definition) is 2. The Balaban J connectivity index is 1.70. The maximum Gasteiger partial charge on any atom is 0.115 e. The molecule has 0 spiro atoms. The summed E-state index contributed by atoms with van der Waals surface area (Å²) in [6, 6.07) is 5.98. The van der Waals surface area contributed by atoms with Gasteiger partial charge < -0.3 is 10.2 Å². The lowest BCUT2D eigenvalue weighted by atomic mass is 9.54. The van der Waals surface area contributed by atoms with Crippen LogP contribution >= 0.6 is 0 Å². The molecule has 2 N–H and O–H groups in total. The highest BCUT2D eigenvalue weighted by atomic mass is 16.3. The van der Waals surface area contributed by atoms with Gasteiger partial charge in [0.05, 0.1) is 6.10 Å². The predicted molar refractivity (Wildman–Crippen MR) is 83.3 cm³/mol. The molecule has 3 aliphatic carbocycles. The van der Waals surface area contributed by atoms with Gasteiger partial charge in [0.15, 0.2) is 0 Å². The maximum atomic E-state index is 10.2. The van der Waals surface area contributed by atoms with Crippen LogP contribution in [0.5, 0.6) is 5.75 Å². The number of benzene rings is 1. The molecule has 2 nitrogen and oxygen atoms in total. The molecule has 0 saturated heterocycles. The van der Waals surface area contributed by atoms with E-state index in [1.807, 2.05) is 12.1 Å².